The number of esters is 2. The molecule has 54 heavy (non-hydrogen) atoms. The quantitative estimate of drug-likeness (QED) is 0.0470. The van der Waals surface area contributed by atoms with Gasteiger partial charge in [0.2, 0.25) is 0 Å². The molecule has 0 spiro atoms. The maximum Gasteiger partial charge on any atom is 0.305 e. The van der Waals surface area contributed by atoms with Crippen LogP contribution in [0, 0.1) is 35.5 Å². The van der Waals surface area contributed by atoms with Gasteiger partial charge in [-0.25, -0.2) is 0 Å². The van der Waals surface area contributed by atoms with Crippen molar-refractivity contribution in [3.8, 4) is 0 Å². The standard InChI is InChI=1S/C47H91NO6/c1-11-48(10)34-44-37-53-47(54-44,32-24-20-16-12-14-18-22-26-45(49)51-35-42(40(6)7)30-28-38(2)3)33-25-21-17-13-15-19-23-27-46(50)52-36-43(41(8)9)31-29-39(4)5/h38-44H,11-37H2,1-10H3. The lowest BCUT2D eigenvalue weighted by Crippen LogP contribution is -2.34. The Bertz CT molecular complexity index is 862. The van der Waals surface area contributed by atoms with E-state index in [0.29, 0.717) is 68.2 Å². The molecule has 0 aliphatic carbocycles. The van der Waals surface area contributed by atoms with Crippen molar-refractivity contribution < 1.29 is 28.5 Å². The molecule has 3 atom stereocenters. The first-order chi connectivity index (χ1) is 25.8. The summed E-state index contributed by atoms with van der Waals surface area (Å²) < 4.78 is 24.5. The maximum absolute atomic E-state index is 12.3. The van der Waals surface area contributed by atoms with Gasteiger partial charge in [0.05, 0.1) is 25.9 Å². The third kappa shape index (κ3) is 25.9. The highest BCUT2D eigenvalue weighted by Crippen LogP contribution is 2.35. The van der Waals surface area contributed by atoms with Crippen molar-refractivity contribution in [1.29, 1.82) is 0 Å². The topological polar surface area (TPSA) is 74.3 Å². The molecule has 1 rings (SSSR count). The molecule has 0 aromatic heterocycles. The van der Waals surface area contributed by atoms with Crippen molar-refractivity contribution in [2.45, 2.75) is 215 Å². The number of hydrogen-bond donors (Lipinski definition) is 0. The lowest BCUT2D eigenvalue weighted by molar-refractivity contribution is -0.180. The van der Waals surface area contributed by atoms with Gasteiger partial charge in [0, 0.05) is 32.2 Å². The minimum atomic E-state index is -0.424. The first-order valence-corrected chi connectivity index (χ1v) is 23.1. The molecule has 7 nitrogen and oxygen atoms in total. The van der Waals surface area contributed by atoms with Crippen LogP contribution in [0.5, 0.6) is 0 Å². The summed E-state index contributed by atoms with van der Waals surface area (Å²) in [6, 6.07) is 0. The monoisotopic (exact) mass is 766 g/mol. The second-order valence-electron chi connectivity index (χ2n) is 18.6. The van der Waals surface area contributed by atoms with Crippen LogP contribution in [0.2, 0.25) is 0 Å². The van der Waals surface area contributed by atoms with Crippen LogP contribution < -0.4 is 0 Å². The number of rotatable bonds is 35. The summed E-state index contributed by atoms with van der Waals surface area (Å²) in [5, 5.41) is 0. The fourth-order valence-corrected chi connectivity index (χ4v) is 7.52. The summed E-state index contributed by atoms with van der Waals surface area (Å²) >= 11 is 0. The highest BCUT2D eigenvalue weighted by atomic mass is 16.7. The SMILES string of the molecule is CCN(C)CC1COC(CCCCCCCCCC(=O)OCC(CCC(C)C)C(C)C)(CCCCCCCCCC(=O)OCC(CCC(C)C)C(C)C)O1. The molecule has 1 aliphatic rings. The molecule has 0 aromatic carbocycles. The van der Waals surface area contributed by atoms with Gasteiger partial charge >= 0.3 is 11.9 Å². The third-order valence-corrected chi connectivity index (χ3v) is 11.9. The van der Waals surface area contributed by atoms with E-state index in [1.54, 1.807) is 0 Å². The zero-order valence-electron chi connectivity index (χ0n) is 37.5. The van der Waals surface area contributed by atoms with E-state index in [-0.39, 0.29) is 18.0 Å². The van der Waals surface area contributed by atoms with E-state index in [1.165, 1.54) is 64.2 Å². The van der Waals surface area contributed by atoms with Gasteiger partial charge in [0.15, 0.2) is 5.79 Å². The Morgan fingerprint density at radius 1 is 0.611 bits per heavy atom. The molecule has 1 heterocycles. The summed E-state index contributed by atoms with van der Waals surface area (Å²) in [4.78, 5) is 27.0. The second-order valence-corrected chi connectivity index (χ2v) is 18.6. The Hall–Kier alpha value is -1.18. The van der Waals surface area contributed by atoms with Gasteiger partial charge in [-0.05, 0) is 87.6 Å². The van der Waals surface area contributed by atoms with Gasteiger partial charge < -0.3 is 23.8 Å². The normalized spacial score (nSPS) is 18.8. The van der Waals surface area contributed by atoms with Crippen LogP contribution in [-0.4, -0.2) is 68.7 Å². The molecule has 0 aromatic rings. The average Bonchev–Trinajstić information content (AvgIpc) is 3.51. The van der Waals surface area contributed by atoms with Gasteiger partial charge in [0.25, 0.3) is 0 Å². The van der Waals surface area contributed by atoms with E-state index >= 15 is 0 Å². The van der Waals surface area contributed by atoms with Crippen molar-refractivity contribution in [3.05, 3.63) is 0 Å². The summed E-state index contributed by atoms with van der Waals surface area (Å²) in [5.41, 5.74) is 0. The minimum absolute atomic E-state index is 0.0209. The molecule has 1 fully saturated rings. The van der Waals surface area contributed by atoms with Crippen LogP contribution in [0.25, 0.3) is 0 Å². The predicted molar refractivity (Wildman–Crippen MR) is 227 cm³/mol. The van der Waals surface area contributed by atoms with Crippen LogP contribution in [0.4, 0.5) is 0 Å². The average molecular weight is 766 g/mol. The smallest absolute Gasteiger partial charge is 0.305 e. The molecular formula is C47H91NO6. The summed E-state index contributed by atoms with van der Waals surface area (Å²) in [6.45, 7) is 24.0. The van der Waals surface area contributed by atoms with E-state index < -0.39 is 5.79 Å². The van der Waals surface area contributed by atoms with Gasteiger partial charge in [-0.3, -0.25) is 9.59 Å². The molecule has 3 unspecified atom stereocenters. The molecule has 0 amide bonds. The molecule has 0 N–H and O–H groups in total. The number of ether oxygens (including phenoxy) is 4. The molecule has 1 aliphatic heterocycles. The highest BCUT2D eigenvalue weighted by Gasteiger charge is 2.40. The van der Waals surface area contributed by atoms with E-state index in [0.717, 1.165) is 77.3 Å². The van der Waals surface area contributed by atoms with E-state index in [2.05, 4.69) is 74.3 Å². The number of nitrogens with zero attached hydrogens (tertiary/aromatic N) is 1. The van der Waals surface area contributed by atoms with Crippen LogP contribution >= 0.6 is 0 Å². The molecular weight excluding hydrogens is 675 g/mol. The first kappa shape index (κ1) is 50.8. The Balaban J connectivity index is 2.26. The van der Waals surface area contributed by atoms with E-state index in [4.69, 9.17) is 18.9 Å². The fourth-order valence-electron chi connectivity index (χ4n) is 7.52. The summed E-state index contributed by atoms with van der Waals surface area (Å²) in [6.07, 6.45) is 23.9. The van der Waals surface area contributed by atoms with Crippen molar-refractivity contribution in [2.24, 2.45) is 35.5 Å². The molecule has 1 saturated heterocycles. The van der Waals surface area contributed by atoms with Gasteiger partial charge in [-0.1, -0.05) is 139 Å². The molecule has 0 saturated carbocycles. The number of carbonyl (C=O) groups is 2. The second kappa shape index (κ2) is 30.9. The lowest BCUT2D eigenvalue weighted by Gasteiger charge is -2.29. The van der Waals surface area contributed by atoms with Crippen LogP contribution in [-0.2, 0) is 28.5 Å². The number of unbranched alkanes of at least 4 members (excludes halogenated alkanes) is 12. The zero-order valence-corrected chi connectivity index (χ0v) is 37.5. The Kier molecular flexibility index (Phi) is 29.1. The highest BCUT2D eigenvalue weighted by molar-refractivity contribution is 5.69. The minimum Gasteiger partial charge on any atom is -0.465 e. The van der Waals surface area contributed by atoms with Crippen molar-refractivity contribution >= 4 is 11.9 Å². The first-order valence-electron chi connectivity index (χ1n) is 23.1. The zero-order chi connectivity index (χ0) is 40.2. The molecule has 0 bridgehead atoms. The molecule has 7 heteroatoms. The molecule has 320 valence electrons. The summed E-state index contributed by atoms with van der Waals surface area (Å²) in [5.74, 6) is 2.96. The largest absolute Gasteiger partial charge is 0.465 e. The number of carbonyl (C=O) groups excluding carboxylic acids is 2. The van der Waals surface area contributed by atoms with Crippen LogP contribution in [0.1, 0.15) is 204 Å². The number of hydrogen-bond acceptors (Lipinski definition) is 7. The predicted octanol–water partition coefficient (Wildman–Crippen LogP) is 12.6. The van der Waals surface area contributed by atoms with Gasteiger partial charge in [0.1, 0.15) is 0 Å². The third-order valence-electron chi connectivity index (χ3n) is 11.9. The lowest BCUT2D eigenvalue weighted by atomic mass is 9.89. The Morgan fingerprint density at radius 3 is 1.37 bits per heavy atom. The van der Waals surface area contributed by atoms with E-state index in [9.17, 15) is 9.59 Å². The van der Waals surface area contributed by atoms with Crippen LogP contribution in [0.15, 0.2) is 0 Å². The number of likely N-dealkylation sites (N-methyl/N-ethyl adjacent to an activating group) is 1. The maximum atomic E-state index is 12.3. The molecule has 0 radical (unpaired) electrons. The van der Waals surface area contributed by atoms with Gasteiger partial charge in [-0.2, -0.15) is 0 Å². The summed E-state index contributed by atoms with van der Waals surface area (Å²) in [7, 11) is 2.16. The van der Waals surface area contributed by atoms with Gasteiger partial charge in [-0.15, -0.1) is 0 Å². The Morgan fingerprint density at radius 2 is 1.00 bits per heavy atom. The van der Waals surface area contributed by atoms with Crippen LogP contribution in [0.3, 0.4) is 0 Å². The Labute approximate surface area is 335 Å². The van der Waals surface area contributed by atoms with Crippen molar-refractivity contribution in [3.63, 3.8) is 0 Å². The van der Waals surface area contributed by atoms with Crippen molar-refractivity contribution in [1.82, 2.24) is 4.90 Å². The van der Waals surface area contributed by atoms with E-state index in [1.807, 2.05) is 0 Å². The fraction of sp³-hybridized carbons (Fsp3) is 0.957. The van der Waals surface area contributed by atoms with Crippen molar-refractivity contribution in [2.75, 3.05) is 40.0 Å².